The average Bonchev–Trinajstić information content (AvgIpc) is 2.82. The average molecular weight is 316 g/mol. The summed E-state index contributed by atoms with van der Waals surface area (Å²) in [5.74, 6) is 0.741. The minimum absolute atomic E-state index is 0.590. The highest BCUT2D eigenvalue weighted by molar-refractivity contribution is 9.10. The molecule has 0 saturated heterocycles. The third-order valence-corrected chi connectivity index (χ3v) is 3.34. The first kappa shape index (κ1) is 12.0. The van der Waals surface area contributed by atoms with Gasteiger partial charge < -0.3 is 0 Å². The van der Waals surface area contributed by atoms with Gasteiger partial charge in [-0.15, -0.1) is 0 Å². The maximum absolute atomic E-state index is 10.7. The Bertz CT molecular complexity index is 734. The number of hydrogen-bond acceptors (Lipinski definition) is 3. The highest BCUT2D eigenvalue weighted by Gasteiger charge is 2.05. The van der Waals surface area contributed by atoms with Crippen molar-refractivity contribution in [3.05, 3.63) is 64.0 Å². The molecule has 0 amide bonds. The number of benzene rings is 1. The summed E-state index contributed by atoms with van der Waals surface area (Å²) in [5, 5.41) is 4.37. The number of carbonyl (C=O) groups excluding carboxylic acids is 1. The molecule has 0 unspecified atom stereocenters. The second-order valence-corrected chi connectivity index (χ2v) is 5.13. The van der Waals surface area contributed by atoms with Gasteiger partial charge in [0, 0.05) is 22.7 Å². The van der Waals surface area contributed by atoms with Crippen molar-refractivity contribution in [3.8, 4) is 0 Å². The minimum atomic E-state index is 0.590. The molecule has 94 valence electrons. The number of fused-ring (bicyclic) bond motifs is 1. The molecule has 0 aliphatic heterocycles. The van der Waals surface area contributed by atoms with Crippen molar-refractivity contribution in [3.63, 3.8) is 0 Å². The number of halogens is 1. The number of carbonyl (C=O) groups is 1. The Hall–Kier alpha value is -2.01. The van der Waals surface area contributed by atoms with Crippen molar-refractivity contribution in [2.24, 2.45) is 0 Å². The van der Waals surface area contributed by atoms with E-state index in [1.165, 1.54) is 0 Å². The molecule has 0 radical (unpaired) electrons. The predicted molar refractivity (Wildman–Crippen MR) is 75.3 cm³/mol. The first-order valence-electron chi connectivity index (χ1n) is 5.79. The van der Waals surface area contributed by atoms with Gasteiger partial charge in [-0.1, -0.05) is 28.1 Å². The molecule has 19 heavy (non-hydrogen) atoms. The number of nitrogens with zero attached hydrogens (tertiary/aromatic N) is 3. The summed E-state index contributed by atoms with van der Waals surface area (Å²) in [4.78, 5) is 15.1. The van der Waals surface area contributed by atoms with E-state index in [1.54, 1.807) is 22.8 Å². The van der Waals surface area contributed by atoms with E-state index in [1.807, 2.05) is 24.3 Å². The number of rotatable bonds is 3. The fourth-order valence-corrected chi connectivity index (χ4v) is 2.14. The summed E-state index contributed by atoms with van der Waals surface area (Å²) in [5.41, 5.74) is 2.49. The Labute approximate surface area is 118 Å². The normalized spacial score (nSPS) is 10.8. The summed E-state index contributed by atoms with van der Waals surface area (Å²) < 4.78 is 2.69. The Morgan fingerprint density at radius 1 is 1.16 bits per heavy atom. The molecular formula is C14H10BrN3O. The molecule has 3 aromatic rings. The zero-order chi connectivity index (χ0) is 13.2. The number of aldehydes is 1. The molecule has 0 aliphatic carbocycles. The van der Waals surface area contributed by atoms with Crippen LogP contribution in [0, 0.1) is 0 Å². The van der Waals surface area contributed by atoms with Gasteiger partial charge in [-0.2, -0.15) is 5.10 Å². The molecule has 0 fully saturated rings. The largest absolute Gasteiger partial charge is 0.298 e. The van der Waals surface area contributed by atoms with Gasteiger partial charge in [0.2, 0.25) is 0 Å². The second kappa shape index (κ2) is 4.93. The number of hydrogen-bond donors (Lipinski definition) is 0. The SMILES string of the molecule is O=Cc1ccc2nc(Cc3ccc(Br)cc3)nn2c1. The van der Waals surface area contributed by atoms with Crippen LogP contribution in [0.2, 0.25) is 0 Å². The molecule has 0 atom stereocenters. The van der Waals surface area contributed by atoms with Crippen LogP contribution in [0.1, 0.15) is 21.7 Å². The van der Waals surface area contributed by atoms with E-state index in [-0.39, 0.29) is 0 Å². The van der Waals surface area contributed by atoms with Crippen molar-refractivity contribution in [2.45, 2.75) is 6.42 Å². The molecule has 2 aromatic heterocycles. The summed E-state index contributed by atoms with van der Waals surface area (Å²) in [6.07, 6.45) is 3.15. The van der Waals surface area contributed by atoms with Crippen molar-refractivity contribution in [1.82, 2.24) is 14.6 Å². The Morgan fingerprint density at radius 2 is 1.95 bits per heavy atom. The van der Waals surface area contributed by atoms with Crippen molar-refractivity contribution in [1.29, 1.82) is 0 Å². The van der Waals surface area contributed by atoms with E-state index in [4.69, 9.17) is 0 Å². The lowest BCUT2D eigenvalue weighted by Crippen LogP contribution is -1.93. The third kappa shape index (κ3) is 2.56. The molecule has 1 aromatic carbocycles. The highest BCUT2D eigenvalue weighted by atomic mass is 79.9. The molecule has 0 aliphatic rings. The third-order valence-electron chi connectivity index (χ3n) is 2.81. The Morgan fingerprint density at radius 3 is 2.68 bits per heavy atom. The summed E-state index contributed by atoms with van der Waals surface area (Å²) in [6.45, 7) is 0. The van der Waals surface area contributed by atoms with E-state index in [2.05, 4.69) is 26.0 Å². The zero-order valence-corrected chi connectivity index (χ0v) is 11.5. The summed E-state index contributed by atoms with van der Waals surface area (Å²) in [7, 11) is 0. The molecule has 3 rings (SSSR count). The van der Waals surface area contributed by atoms with Crippen LogP contribution in [0.25, 0.3) is 5.65 Å². The predicted octanol–water partition coefficient (Wildman–Crippen LogP) is 2.90. The first-order valence-corrected chi connectivity index (χ1v) is 6.59. The van der Waals surface area contributed by atoms with Gasteiger partial charge in [-0.05, 0) is 29.8 Å². The second-order valence-electron chi connectivity index (χ2n) is 4.21. The summed E-state index contributed by atoms with van der Waals surface area (Å²) >= 11 is 3.41. The van der Waals surface area contributed by atoms with Gasteiger partial charge in [-0.25, -0.2) is 9.50 Å². The lowest BCUT2D eigenvalue weighted by molar-refractivity contribution is 0.112. The van der Waals surface area contributed by atoms with Crippen LogP contribution >= 0.6 is 15.9 Å². The van der Waals surface area contributed by atoms with E-state index in [9.17, 15) is 4.79 Å². The zero-order valence-electron chi connectivity index (χ0n) is 9.95. The quantitative estimate of drug-likeness (QED) is 0.698. The van der Waals surface area contributed by atoms with Crippen LogP contribution in [-0.2, 0) is 6.42 Å². The van der Waals surface area contributed by atoms with Crippen LogP contribution in [0.3, 0.4) is 0 Å². The molecule has 2 heterocycles. The van der Waals surface area contributed by atoms with Crippen molar-refractivity contribution >= 4 is 27.9 Å². The van der Waals surface area contributed by atoms with Gasteiger partial charge >= 0.3 is 0 Å². The number of pyridine rings is 1. The van der Waals surface area contributed by atoms with E-state index in [0.717, 1.165) is 27.8 Å². The molecular weight excluding hydrogens is 306 g/mol. The maximum Gasteiger partial charge on any atom is 0.156 e. The monoisotopic (exact) mass is 315 g/mol. The van der Waals surface area contributed by atoms with E-state index in [0.29, 0.717) is 12.0 Å². The van der Waals surface area contributed by atoms with Crippen LogP contribution in [-0.4, -0.2) is 20.9 Å². The van der Waals surface area contributed by atoms with Gasteiger partial charge in [0.05, 0.1) is 0 Å². The van der Waals surface area contributed by atoms with Gasteiger partial charge in [0.15, 0.2) is 17.8 Å². The van der Waals surface area contributed by atoms with Gasteiger partial charge in [-0.3, -0.25) is 4.79 Å². The fourth-order valence-electron chi connectivity index (χ4n) is 1.87. The Kier molecular flexibility index (Phi) is 3.13. The van der Waals surface area contributed by atoms with Crippen molar-refractivity contribution < 1.29 is 4.79 Å². The number of aromatic nitrogens is 3. The van der Waals surface area contributed by atoms with Crippen LogP contribution in [0.4, 0.5) is 0 Å². The van der Waals surface area contributed by atoms with E-state index >= 15 is 0 Å². The van der Waals surface area contributed by atoms with Gasteiger partial charge in [0.25, 0.3) is 0 Å². The first-order chi connectivity index (χ1) is 9.24. The van der Waals surface area contributed by atoms with E-state index < -0.39 is 0 Å². The fraction of sp³-hybridized carbons (Fsp3) is 0.0714. The Balaban J connectivity index is 1.92. The standard InChI is InChI=1S/C14H10BrN3O/c15-12-4-1-10(2-5-12)7-13-16-14-6-3-11(9-19)8-18(14)17-13/h1-6,8-9H,7H2. The summed E-state index contributed by atoms with van der Waals surface area (Å²) in [6, 6.07) is 11.6. The molecule has 4 nitrogen and oxygen atoms in total. The lowest BCUT2D eigenvalue weighted by atomic mass is 10.1. The topological polar surface area (TPSA) is 47.3 Å². The molecule has 0 saturated carbocycles. The molecule has 0 bridgehead atoms. The lowest BCUT2D eigenvalue weighted by Gasteiger charge is -1.96. The van der Waals surface area contributed by atoms with Crippen molar-refractivity contribution in [2.75, 3.05) is 0 Å². The minimum Gasteiger partial charge on any atom is -0.298 e. The molecule has 5 heteroatoms. The molecule has 0 spiro atoms. The van der Waals surface area contributed by atoms with Crippen LogP contribution in [0.15, 0.2) is 47.1 Å². The highest BCUT2D eigenvalue weighted by Crippen LogP contribution is 2.13. The molecule has 0 N–H and O–H groups in total. The smallest absolute Gasteiger partial charge is 0.156 e. The van der Waals surface area contributed by atoms with Crippen LogP contribution in [0.5, 0.6) is 0 Å². The van der Waals surface area contributed by atoms with Gasteiger partial charge in [0.1, 0.15) is 0 Å². The van der Waals surface area contributed by atoms with Crippen LogP contribution < -0.4 is 0 Å². The maximum atomic E-state index is 10.7.